The molecule has 1 saturated heterocycles. The molecule has 2 aromatic carbocycles. The van der Waals surface area contributed by atoms with E-state index < -0.39 is 5.97 Å². The molecule has 0 N–H and O–H groups in total. The van der Waals surface area contributed by atoms with E-state index in [0.29, 0.717) is 23.0 Å². The number of rotatable bonds is 7. The minimum Gasteiger partial charge on any atom is -0.493 e. The van der Waals surface area contributed by atoms with Gasteiger partial charge in [-0.25, -0.2) is 4.79 Å². The zero-order valence-corrected chi connectivity index (χ0v) is 16.9. The summed E-state index contributed by atoms with van der Waals surface area (Å²) in [5.41, 5.74) is 1.71. The summed E-state index contributed by atoms with van der Waals surface area (Å²) >= 11 is 0. The fourth-order valence-corrected chi connectivity index (χ4v) is 3.60. The predicted octanol–water partition coefficient (Wildman–Crippen LogP) is 3.34. The zero-order chi connectivity index (χ0) is 20.6. The van der Waals surface area contributed by atoms with Crippen LogP contribution in [0.1, 0.15) is 28.8 Å². The van der Waals surface area contributed by atoms with Crippen molar-refractivity contribution < 1.29 is 23.8 Å². The maximum absolute atomic E-state index is 12.5. The van der Waals surface area contributed by atoms with Crippen LogP contribution in [0.15, 0.2) is 48.5 Å². The third-order valence-corrected chi connectivity index (χ3v) is 5.27. The maximum Gasteiger partial charge on any atom is 0.337 e. The number of methoxy groups -OCH3 is 2. The van der Waals surface area contributed by atoms with Crippen LogP contribution < -0.4 is 9.47 Å². The van der Waals surface area contributed by atoms with Gasteiger partial charge in [0, 0.05) is 13.1 Å². The largest absolute Gasteiger partial charge is 0.493 e. The summed E-state index contributed by atoms with van der Waals surface area (Å²) in [6.07, 6.45) is 3.05. The Kier molecular flexibility index (Phi) is 7.11. The molecule has 0 aromatic heterocycles. The molecule has 0 radical (unpaired) electrons. The van der Waals surface area contributed by atoms with E-state index in [1.54, 1.807) is 18.2 Å². The molecule has 29 heavy (non-hydrogen) atoms. The number of ether oxygens (including phenoxy) is 3. The molecule has 0 saturated carbocycles. The number of hydrogen-bond donors (Lipinski definition) is 0. The van der Waals surface area contributed by atoms with Crippen molar-refractivity contribution >= 4 is 11.9 Å². The van der Waals surface area contributed by atoms with Gasteiger partial charge in [-0.3, -0.25) is 4.79 Å². The Morgan fingerprint density at radius 2 is 1.72 bits per heavy atom. The van der Waals surface area contributed by atoms with Crippen molar-refractivity contribution in [3.63, 3.8) is 0 Å². The van der Waals surface area contributed by atoms with Crippen molar-refractivity contribution in [2.75, 3.05) is 33.9 Å². The molecule has 1 aliphatic heterocycles. The smallest absolute Gasteiger partial charge is 0.337 e. The molecule has 6 heteroatoms. The molecule has 1 heterocycles. The molecule has 0 unspecified atom stereocenters. The monoisotopic (exact) mass is 397 g/mol. The van der Waals surface area contributed by atoms with Gasteiger partial charge >= 0.3 is 5.97 Å². The van der Waals surface area contributed by atoms with Gasteiger partial charge in [0.15, 0.2) is 18.1 Å². The highest BCUT2D eigenvalue weighted by Gasteiger charge is 2.23. The number of amides is 1. The van der Waals surface area contributed by atoms with Crippen LogP contribution in [0, 0.1) is 5.92 Å². The van der Waals surface area contributed by atoms with Gasteiger partial charge in [0.25, 0.3) is 5.91 Å². The van der Waals surface area contributed by atoms with Gasteiger partial charge in [-0.15, -0.1) is 0 Å². The number of piperidine rings is 1. The number of benzene rings is 2. The maximum atomic E-state index is 12.5. The van der Waals surface area contributed by atoms with E-state index in [0.717, 1.165) is 32.4 Å². The van der Waals surface area contributed by atoms with E-state index >= 15 is 0 Å². The van der Waals surface area contributed by atoms with Crippen LogP contribution in [0.4, 0.5) is 0 Å². The summed E-state index contributed by atoms with van der Waals surface area (Å²) in [4.78, 5) is 26.0. The summed E-state index contributed by atoms with van der Waals surface area (Å²) in [5.74, 6) is 0.926. The first-order chi connectivity index (χ1) is 14.1. The standard InChI is InChI=1S/C23H27NO5/c1-27-21-15-19(23(26)28-2)8-9-20(21)29-16-22(25)24-12-10-18(11-13-24)14-17-6-4-3-5-7-17/h3-9,15,18H,10-14,16H2,1-2H3. The summed E-state index contributed by atoms with van der Waals surface area (Å²) in [5, 5.41) is 0. The van der Waals surface area contributed by atoms with Gasteiger partial charge in [0.2, 0.25) is 0 Å². The number of nitrogens with zero attached hydrogens (tertiary/aromatic N) is 1. The summed E-state index contributed by atoms with van der Waals surface area (Å²) in [7, 11) is 2.81. The van der Waals surface area contributed by atoms with Crippen molar-refractivity contribution in [1.82, 2.24) is 4.90 Å². The third-order valence-electron chi connectivity index (χ3n) is 5.27. The summed E-state index contributed by atoms with van der Waals surface area (Å²) in [6, 6.07) is 15.2. The van der Waals surface area contributed by atoms with Gasteiger partial charge in [-0.05, 0) is 48.9 Å². The molecule has 2 aromatic rings. The fourth-order valence-electron chi connectivity index (χ4n) is 3.60. The predicted molar refractivity (Wildman–Crippen MR) is 109 cm³/mol. The van der Waals surface area contributed by atoms with E-state index in [1.165, 1.54) is 19.8 Å². The summed E-state index contributed by atoms with van der Waals surface area (Å²) in [6.45, 7) is 1.44. The van der Waals surface area contributed by atoms with Crippen molar-refractivity contribution in [1.29, 1.82) is 0 Å². The molecular weight excluding hydrogens is 370 g/mol. The number of carbonyl (C=O) groups is 2. The zero-order valence-electron chi connectivity index (χ0n) is 16.9. The molecule has 6 nitrogen and oxygen atoms in total. The first-order valence-electron chi connectivity index (χ1n) is 9.81. The Bertz CT molecular complexity index is 828. The van der Waals surface area contributed by atoms with E-state index in [1.807, 2.05) is 11.0 Å². The molecular formula is C23H27NO5. The lowest BCUT2D eigenvalue weighted by Gasteiger charge is -2.32. The lowest BCUT2D eigenvalue weighted by Crippen LogP contribution is -2.41. The van der Waals surface area contributed by atoms with Crippen molar-refractivity contribution in [3.05, 3.63) is 59.7 Å². The van der Waals surface area contributed by atoms with Gasteiger partial charge in [-0.1, -0.05) is 30.3 Å². The normalized spacial score (nSPS) is 14.3. The van der Waals surface area contributed by atoms with Crippen molar-refractivity contribution in [2.24, 2.45) is 5.92 Å². The van der Waals surface area contributed by atoms with Crippen LogP contribution in [0.5, 0.6) is 11.5 Å². The van der Waals surface area contributed by atoms with E-state index in [-0.39, 0.29) is 12.5 Å². The van der Waals surface area contributed by atoms with Gasteiger partial charge in [0.05, 0.1) is 19.8 Å². The number of hydrogen-bond acceptors (Lipinski definition) is 5. The highest BCUT2D eigenvalue weighted by molar-refractivity contribution is 5.90. The number of carbonyl (C=O) groups excluding carboxylic acids is 2. The molecule has 1 amide bonds. The van der Waals surface area contributed by atoms with Crippen molar-refractivity contribution in [3.8, 4) is 11.5 Å². The van der Waals surface area contributed by atoms with Gasteiger partial charge < -0.3 is 19.1 Å². The SMILES string of the molecule is COC(=O)c1ccc(OCC(=O)N2CCC(Cc3ccccc3)CC2)c(OC)c1. The lowest BCUT2D eigenvalue weighted by molar-refractivity contribution is -0.134. The van der Waals surface area contributed by atoms with Crippen LogP contribution in [0.25, 0.3) is 0 Å². The average molecular weight is 397 g/mol. The van der Waals surface area contributed by atoms with Crippen LogP contribution in [-0.2, 0) is 16.0 Å². The Labute approximate surface area is 171 Å². The minimum atomic E-state index is -0.454. The molecule has 154 valence electrons. The average Bonchev–Trinajstić information content (AvgIpc) is 2.78. The topological polar surface area (TPSA) is 65.1 Å². The second-order valence-electron chi connectivity index (χ2n) is 7.16. The molecule has 0 spiro atoms. The van der Waals surface area contributed by atoms with Gasteiger partial charge in [0.1, 0.15) is 0 Å². The summed E-state index contributed by atoms with van der Waals surface area (Å²) < 4.78 is 15.6. The van der Waals surface area contributed by atoms with Crippen LogP contribution >= 0.6 is 0 Å². The molecule has 0 bridgehead atoms. The number of likely N-dealkylation sites (tertiary alicyclic amines) is 1. The van der Waals surface area contributed by atoms with Crippen LogP contribution in [-0.4, -0.2) is 50.7 Å². The molecule has 1 aliphatic rings. The molecule has 0 aliphatic carbocycles. The minimum absolute atomic E-state index is 0.0396. The Hall–Kier alpha value is -3.02. The molecule has 3 rings (SSSR count). The quantitative estimate of drug-likeness (QED) is 0.671. The third kappa shape index (κ3) is 5.50. The molecule has 1 fully saturated rings. The molecule has 0 atom stereocenters. The second kappa shape index (κ2) is 9.96. The van der Waals surface area contributed by atoms with E-state index in [4.69, 9.17) is 14.2 Å². The first-order valence-corrected chi connectivity index (χ1v) is 9.81. The van der Waals surface area contributed by atoms with E-state index in [2.05, 4.69) is 24.3 Å². The first kappa shape index (κ1) is 20.7. The fraction of sp³-hybridized carbons (Fsp3) is 0.391. The van der Waals surface area contributed by atoms with Crippen molar-refractivity contribution in [2.45, 2.75) is 19.3 Å². The Balaban J connectivity index is 1.49. The highest BCUT2D eigenvalue weighted by atomic mass is 16.5. The van der Waals surface area contributed by atoms with Crippen LogP contribution in [0.3, 0.4) is 0 Å². The van der Waals surface area contributed by atoms with E-state index in [9.17, 15) is 9.59 Å². The Morgan fingerprint density at radius 3 is 2.38 bits per heavy atom. The second-order valence-corrected chi connectivity index (χ2v) is 7.16. The highest BCUT2D eigenvalue weighted by Crippen LogP contribution is 2.28. The Morgan fingerprint density at radius 1 is 1.00 bits per heavy atom. The van der Waals surface area contributed by atoms with Crippen LogP contribution in [0.2, 0.25) is 0 Å². The van der Waals surface area contributed by atoms with Gasteiger partial charge in [-0.2, -0.15) is 0 Å². The number of esters is 1. The lowest BCUT2D eigenvalue weighted by atomic mass is 9.90.